The van der Waals surface area contributed by atoms with E-state index in [1.165, 1.54) is 0 Å². The summed E-state index contributed by atoms with van der Waals surface area (Å²) in [5.41, 5.74) is 0.866. The third-order valence-electron chi connectivity index (χ3n) is 4.17. The van der Waals surface area contributed by atoms with E-state index >= 15 is 0 Å². The Morgan fingerprint density at radius 2 is 1.44 bits per heavy atom. The van der Waals surface area contributed by atoms with Crippen LogP contribution in [0.4, 0.5) is 0 Å². The quantitative estimate of drug-likeness (QED) is 0.479. The molecular formula is C18H21N3O4. The number of hydrogen-bond acceptors (Lipinski definition) is 5. The van der Waals surface area contributed by atoms with Crippen molar-refractivity contribution in [2.24, 2.45) is 0 Å². The number of aromatic nitrogens is 3. The minimum absolute atomic E-state index is 0.144. The molecule has 7 heteroatoms. The molecule has 3 heterocycles. The van der Waals surface area contributed by atoms with Gasteiger partial charge in [-0.1, -0.05) is 0 Å². The van der Waals surface area contributed by atoms with Crippen molar-refractivity contribution in [3.63, 3.8) is 0 Å². The van der Waals surface area contributed by atoms with Gasteiger partial charge in [0.25, 0.3) is 11.1 Å². The number of pyridine rings is 3. The van der Waals surface area contributed by atoms with Gasteiger partial charge in [0.2, 0.25) is 0 Å². The lowest BCUT2D eigenvalue weighted by molar-refractivity contribution is 0.186. The number of fused-ring (bicyclic) bond motifs is 2. The summed E-state index contributed by atoms with van der Waals surface area (Å²) >= 11 is 0. The number of ether oxygens (including phenoxy) is 2. The summed E-state index contributed by atoms with van der Waals surface area (Å²) in [6.07, 6.45) is 4.18. The van der Waals surface area contributed by atoms with Gasteiger partial charge in [0.1, 0.15) is 0 Å². The second kappa shape index (κ2) is 7.58. The van der Waals surface area contributed by atoms with Crippen LogP contribution >= 0.6 is 0 Å². The Labute approximate surface area is 144 Å². The maximum atomic E-state index is 12.7. The number of nitrogens with zero attached hydrogens (tertiary/aromatic N) is 3. The van der Waals surface area contributed by atoms with Gasteiger partial charge in [0, 0.05) is 46.3 Å². The summed E-state index contributed by atoms with van der Waals surface area (Å²) in [7, 11) is 3.22. The van der Waals surface area contributed by atoms with Crippen LogP contribution in [0.25, 0.3) is 21.8 Å². The number of rotatable bonds is 7. The predicted molar refractivity (Wildman–Crippen MR) is 96.1 cm³/mol. The first-order valence-electron chi connectivity index (χ1n) is 8.17. The van der Waals surface area contributed by atoms with Crippen LogP contribution in [0.5, 0.6) is 0 Å². The number of methoxy groups -OCH3 is 2. The fraction of sp³-hybridized carbons (Fsp3) is 0.389. The molecule has 0 atom stereocenters. The minimum Gasteiger partial charge on any atom is -0.385 e. The van der Waals surface area contributed by atoms with Gasteiger partial charge in [0.05, 0.1) is 28.4 Å². The fourth-order valence-corrected chi connectivity index (χ4v) is 2.83. The Bertz CT molecular complexity index is 1010. The van der Waals surface area contributed by atoms with E-state index in [2.05, 4.69) is 4.98 Å². The van der Waals surface area contributed by atoms with Crippen molar-refractivity contribution in [1.29, 1.82) is 0 Å². The molecule has 132 valence electrons. The van der Waals surface area contributed by atoms with E-state index in [0.29, 0.717) is 48.1 Å². The van der Waals surface area contributed by atoms with Gasteiger partial charge in [-0.3, -0.25) is 9.59 Å². The van der Waals surface area contributed by atoms with Crippen molar-refractivity contribution < 1.29 is 9.47 Å². The van der Waals surface area contributed by atoms with E-state index in [0.717, 1.165) is 6.42 Å². The van der Waals surface area contributed by atoms with Crippen LogP contribution in [-0.2, 0) is 22.6 Å². The lowest BCUT2D eigenvalue weighted by atomic mass is 10.2. The molecule has 0 aromatic carbocycles. The van der Waals surface area contributed by atoms with Gasteiger partial charge in [0.15, 0.2) is 0 Å². The molecule has 0 spiro atoms. The van der Waals surface area contributed by atoms with Crippen LogP contribution in [0.2, 0.25) is 0 Å². The summed E-state index contributed by atoms with van der Waals surface area (Å²) in [5, 5.41) is 0.895. The van der Waals surface area contributed by atoms with Crippen molar-refractivity contribution in [2.75, 3.05) is 27.4 Å². The zero-order chi connectivity index (χ0) is 17.8. The van der Waals surface area contributed by atoms with Crippen molar-refractivity contribution in [1.82, 2.24) is 14.1 Å². The smallest absolute Gasteiger partial charge is 0.260 e. The molecule has 25 heavy (non-hydrogen) atoms. The SMILES string of the molecule is COCCCn1ccc2nc3ccn(CCOC)c(=O)c3cc2c1=O. The Kier molecular flexibility index (Phi) is 5.25. The van der Waals surface area contributed by atoms with E-state index in [9.17, 15) is 9.59 Å². The maximum Gasteiger partial charge on any atom is 0.260 e. The molecule has 0 amide bonds. The molecule has 0 fully saturated rings. The Morgan fingerprint density at radius 3 is 2.00 bits per heavy atom. The standard InChI is InChI=1S/C18H21N3O4/c1-24-10-3-6-20-7-4-15-13(17(20)22)12-14-16(19-15)5-8-21(18(14)23)9-11-25-2/h4-5,7-8,12H,3,6,9-11H2,1-2H3. The predicted octanol–water partition coefficient (Wildman–Crippen LogP) is 1.39. The minimum atomic E-state index is -0.168. The Balaban J connectivity index is 2.11. The normalized spacial score (nSPS) is 11.4. The van der Waals surface area contributed by atoms with Crippen LogP contribution in [0.1, 0.15) is 6.42 Å². The van der Waals surface area contributed by atoms with Crippen molar-refractivity contribution >= 4 is 21.8 Å². The number of aryl methyl sites for hydroxylation is 1. The second-order valence-corrected chi connectivity index (χ2v) is 5.82. The van der Waals surface area contributed by atoms with Crippen LogP contribution in [-0.4, -0.2) is 41.6 Å². The largest absolute Gasteiger partial charge is 0.385 e. The van der Waals surface area contributed by atoms with Crippen LogP contribution in [0.15, 0.2) is 40.2 Å². The highest BCUT2D eigenvalue weighted by Gasteiger charge is 2.09. The number of hydrogen-bond donors (Lipinski definition) is 0. The molecule has 3 aromatic rings. The monoisotopic (exact) mass is 343 g/mol. The third-order valence-corrected chi connectivity index (χ3v) is 4.17. The molecule has 0 bridgehead atoms. The highest BCUT2D eigenvalue weighted by Crippen LogP contribution is 2.14. The van der Waals surface area contributed by atoms with Crippen LogP contribution in [0.3, 0.4) is 0 Å². The molecule has 7 nitrogen and oxygen atoms in total. The van der Waals surface area contributed by atoms with Crippen molar-refractivity contribution in [3.05, 3.63) is 51.3 Å². The van der Waals surface area contributed by atoms with Gasteiger partial charge in [-0.2, -0.15) is 0 Å². The second-order valence-electron chi connectivity index (χ2n) is 5.82. The molecule has 0 aliphatic carbocycles. The van der Waals surface area contributed by atoms with Gasteiger partial charge >= 0.3 is 0 Å². The lowest BCUT2D eigenvalue weighted by Gasteiger charge is -2.09. The summed E-state index contributed by atoms with van der Waals surface area (Å²) in [6.45, 7) is 2.05. The van der Waals surface area contributed by atoms with Crippen LogP contribution in [0, 0.1) is 0 Å². The van der Waals surface area contributed by atoms with Crippen molar-refractivity contribution in [2.45, 2.75) is 19.5 Å². The molecule has 3 aromatic heterocycles. The molecule has 0 N–H and O–H groups in total. The van der Waals surface area contributed by atoms with Crippen molar-refractivity contribution in [3.8, 4) is 0 Å². The van der Waals surface area contributed by atoms with E-state index < -0.39 is 0 Å². The molecule has 0 saturated carbocycles. The third kappa shape index (κ3) is 3.47. The molecule has 0 aliphatic heterocycles. The van der Waals surface area contributed by atoms with E-state index in [1.54, 1.807) is 53.9 Å². The molecule has 0 radical (unpaired) electrons. The Hall–Kier alpha value is -2.51. The molecule has 0 unspecified atom stereocenters. The van der Waals surface area contributed by atoms with E-state index in [4.69, 9.17) is 9.47 Å². The Morgan fingerprint density at radius 1 is 0.880 bits per heavy atom. The van der Waals surface area contributed by atoms with E-state index in [-0.39, 0.29) is 11.1 Å². The average molecular weight is 343 g/mol. The zero-order valence-corrected chi connectivity index (χ0v) is 14.4. The summed E-state index contributed by atoms with van der Waals surface area (Å²) in [5.74, 6) is 0. The molecular weight excluding hydrogens is 322 g/mol. The highest BCUT2D eigenvalue weighted by atomic mass is 16.5. The first-order valence-corrected chi connectivity index (χ1v) is 8.17. The van der Waals surface area contributed by atoms with Gasteiger partial charge in [-0.25, -0.2) is 4.98 Å². The van der Waals surface area contributed by atoms with Gasteiger partial charge in [-0.05, 0) is 24.6 Å². The van der Waals surface area contributed by atoms with Crippen LogP contribution < -0.4 is 11.1 Å². The maximum absolute atomic E-state index is 12.7. The molecule has 0 aliphatic rings. The highest BCUT2D eigenvalue weighted by molar-refractivity contribution is 5.91. The van der Waals surface area contributed by atoms with Gasteiger partial charge < -0.3 is 18.6 Å². The molecule has 0 saturated heterocycles. The summed E-state index contributed by atoms with van der Waals surface area (Å²) < 4.78 is 13.2. The summed E-state index contributed by atoms with van der Waals surface area (Å²) in [4.78, 5) is 29.8. The zero-order valence-electron chi connectivity index (χ0n) is 14.4. The topological polar surface area (TPSA) is 75.3 Å². The lowest BCUT2D eigenvalue weighted by Crippen LogP contribution is -2.23. The average Bonchev–Trinajstić information content (AvgIpc) is 2.62. The summed E-state index contributed by atoms with van der Waals surface area (Å²) in [6, 6.07) is 5.24. The van der Waals surface area contributed by atoms with Gasteiger partial charge in [-0.15, -0.1) is 0 Å². The van der Waals surface area contributed by atoms with E-state index in [1.807, 2.05) is 0 Å². The molecule has 3 rings (SSSR count). The first-order chi connectivity index (χ1) is 12.2. The fourth-order valence-electron chi connectivity index (χ4n) is 2.83. The first kappa shape index (κ1) is 17.3.